The van der Waals surface area contributed by atoms with Gasteiger partial charge in [-0.2, -0.15) is 0 Å². The zero-order valence-corrected chi connectivity index (χ0v) is 22.2. The van der Waals surface area contributed by atoms with Gasteiger partial charge in [0.15, 0.2) is 11.6 Å². The van der Waals surface area contributed by atoms with Gasteiger partial charge >= 0.3 is 0 Å². The Morgan fingerprint density at radius 1 is 0.974 bits per heavy atom. The zero-order valence-electron chi connectivity index (χ0n) is 22.2. The number of H-pyrrole nitrogens is 2. The van der Waals surface area contributed by atoms with E-state index in [2.05, 4.69) is 15.0 Å². The third-order valence-corrected chi connectivity index (χ3v) is 8.19. The van der Waals surface area contributed by atoms with Crippen molar-refractivity contribution in [2.75, 3.05) is 13.1 Å². The minimum atomic E-state index is -0.456. The van der Waals surface area contributed by atoms with E-state index in [0.717, 1.165) is 33.9 Å². The number of aryl methyl sites for hydroxylation is 1. The number of amides is 2. The summed E-state index contributed by atoms with van der Waals surface area (Å²) in [5, 5.41) is 0.989. The van der Waals surface area contributed by atoms with E-state index in [-0.39, 0.29) is 41.5 Å². The number of aromatic nitrogens is 3. The molecule has 2 aromatic carbocycles. The van der Waals surface area contributed by atoms with Crippen LogP contribution < -0.4 is 0 Å². The second kappa shape index (κ2) is 8.82. The first kappa shape index (κ1) is 24.4. The molecule has 2 fully saturated rings. The predicted octanol–water partition coefficient (Wildman–Crippen LogP) is 4.71. The molecule has 196 valence electrons. The second-order valence-electron chi connectivity index (χ2n) is 11.9. The molecule has 38 heavy (non-hydrogen) atoms. The molecule has 2 aromatic heterocycles. The van der Waals surface area contributed by atoms with Gasteiger partial charge in [-0.25, -0.2) is 4.98 Å². The van der Waals surface area contributed by atoms with E-state index < -0.39 is 5.92 Å². The lowest BCUT2D eigenvalue weighted by Crippen LogP contribution is -2.53. The molecule has 2 N–H and O–H groups in total. The Labute approximate surface area is 221 Å². The predicted molar refractivity (Wildman–Crippen MR) is 146 cm³/mol. The van der Waals surface area contributed by atoms with Crippen molar-refractivity contribution in [3.05, 3.63) is 65.6 Å². The average molecular weight is 512 g/mol. The van der Waals surface area contributed by atoms with E-state index >= 15 is 0 Å². The number of ketones is 1. The number of nitrogens with zero attached hydrogens (tertiary/aromatic N) is 3. The molecule has 2 amide bonds. The molecule has 0 radical (unpaired) electrons. The van der Waals surface area contributed by atoms with Crippen LogP contribution in [0.4, 0.5) is 0 Å². The first-order chi connectivity index (χ1) is 18.1. The number of hydrogen-bond donors (Lipinski definition) is 2. The summed E-state index contributed by atoms with van der Waals surface area (Å²) in [4.78, 5) is 55.1. The number of fused-ring (bicyclic) bond motifs is 4. The first-order valence-corrected chi connectivity index (χ1v) is 13.3. The highest BCUT2D eigenvalue weighted by atomic mass is 16.2. The van der Waals surface area contributed by atoms with Crippen LogP contribution in [0.5, 0.6) is 0 Å². The van der Waals surface area contributed by atoms with Crippen LogP contribution in [0.2, 0.25) is 0 Å². The smallest absolute Gasteiger partial charge is 0.290 e. The van der Waals surface area contributed by atoms with Crippen LogP contribution in [0.25, 0.3) is 21.9 Å². The van der Waals surface area contributed by atoms with Crippen molar-refractivity contribution in [3.8, 4) is 0 Å². The molecule has 2 aliphatic rings. The number of benzene rings is 2. The Morgan fingerprint density at radius 2 is 1.71 bits per heavy atom. The summed E-state index contributed by atoms with van der Waals surface area (Å²) in [7, 11) is 0. The van der Waals surface area contributed by atoms with Gasteiger partial charge in [0.2, 0.25) is 5.91 Å². The fraction of sp³-hybridized carbons (Fsp3) is 0.400. The van der Waals surface area contributed by atoms with E-state index in [0.29, 0.717) is 24.6 Å². The van der Waals surface area contributed by atoms with Gasteiger partial charge in [0, 0.05) is 30.4 Å². The molecule has 2 saturated heterocycles. The lowest BCUT2D eigenvalue weighted by atomic mass is 9.76. The number of rotatable bonds is 5. The molecule has 0 spiro atoms. The van der Waals surface area contributed by atoms with E-state index in [9.17, 15) is 14.4 Å². The molecule has 2 bridgehead atoms. The third kappa shape index (κ3) is 4.18. The number of imidazole rings is 1. The van der Waals surface area contributed by atoms with E-state index in [1.165, 1.54) is 0 Å². The maximum atomic E-state index is 13.9. The Hall–Kier alpha value is -3.94. The zero-order chi connectivity index (χ0) is 26.8. The lowest BCUT2D eigenvalue weighted by molar-refractivity contribution is -0.141. The molecule has 4 heterocycles. The first-order valence-electron chi connectivity index (χ1n) is 13.3. The van der Waals surface area contributed by atoms with E-state index in [4.69, 9.17) is 0 Å². The van der Waals surface area contributed by atoms with Crippen LogP contribution in [0.15, 0.2) is 48.5 Å². The van der Waals surface area contributed by atoms with Gasteiger partial charge in [-0.05, 0) is 48.6 Å². The average Bonchev–Trinajstić information content (AvgIpc) is 3.66. The van der Waals surface area contributed by atoms with Gasteiger partial charge in [0.25, 0.3) is 5.91 Å². The minimum absolute atomic E-state index is 0.00106. The lowest BCUT2D eigenvalue weighted by Gasteiger charge is -2.38. The van der Waals surface area contributed by atoms with Crippen molar-refractivity contribution < 1.29 is 14.4 Å². The SMILES string of the molecule is Cc1ccc2cc(C(=O)C[C@H](C(=O)N3C[C@@H]4C[C@H]3CN4C(=O)c3nc4ccccc4[nH]3)C(C)(C)C)[nH]c2c1. The summed E-state index contributed by atoms with van der Waals surface area (Å²) in [6.07, 6.45) is 0.896. The number of carbonyl (C=O) groups excluding carboxylic acids is 3. The molecule has 0 saturated carbocycles. The summed E-state index contributed by atoms with van der Waals surface area (Å²) in [6, 6.07) is 15.4. The van der Waals surface area contributed by atoms with Crippen LogP contribution in [0, 0.1) is 18.3 Å². The van der Waals surface area contributed by atoms with Crippen molar-refractivity contribution in [2.24, 2.45) is 11.3 Å². The van der Waals surface area contributed by atoms with Crippen molar-refractivity contribution in [1.82, 2.24) is 24.8 Å². The molecular weight excluding hydrogens is 478 g/mol. The summed E-state index contributed by atoms with van der Waals surface area (Å²) in [6.45, 7) is 9.04. The van der Waals surface area contributed by atoms with Gasteiger partial charge in [-0.15, -0.1) is 0 Å². The summed E-state index contributed by atoms with van der Waals surface area (Å²) < 4.78 is 0. The molecule has 8 heteroatoms. The van der Waals surface area contributed by atoms with Crippen LogP contribution in [-0.2, 0) is 4.79 Å². The van der Waals surface area contributed by atoms with E-state index in [1.807, 2.05) is 86.0 Å². The maximum absolute atomic E-state index is 13.9. The van der Waals surface area contributed by atoms with Crippen LogP contribution in [-0.4, -0.2) is 67.5 Å². The quantitative estimate of drug-likeness (QED) is 0.379. The Balaban J connectivity index is 1.17. The summed E-state index contributed by atoms with van der Waals surface area (Å²) >= 11 is 0. The monoisotopic (exact) mass is 511 g/mol. The Morgan fingerprint density at radius 3 is 2.42 bits per heavy atom. The van der Waals surface area contributed by atoms with Crippen LogP contribution in [0.1, 0.15) is 60.3 Å². The molecule has 0 unspecified atom stereocenters. The Kier molecular flexibility index (Phi) is 5.67. The number of Topliss-reactive ketones (excluding diaryl/α,β-unsaturated/α-hetero) is 1. The standard InChI is InChI=1S/C30H33N5O3/c1-17-9-10-18-12-25(31-24(18)11-17)26(36)14-21(30(2,3)4)28(37)34-15-20-13-19(34)16-35(20)29(38)27-32-22-7-5-6-8-23(22)33-27/h5-12,19-21,31H,13-16H2,1-4H3,(H,32,33)/t19-,20-,21+/m0/s1. The molecule has 0 aliphatic carbocycles. The van der Waals surface area contributed by atoms with Crippen LogP contribution in [0.3, 0.4) is 0 Å². The number of nitrogens with one attached hydrogen (secondary N) is 2. The van der Waals surface area contributed by atoms with Crippen molar-refractivity contribution in [2.45, 2.75) is 52.6 Å². The third-order valence-electron chi connectivity index (χ3n) is 8.19. The molecule has 4 aromatic rings. The number of hydrogen-bond acceptors (Lipinski definition) is 4. The topological polar surface area (TPSA) is 102 Å². The van der Waals surface area contributed by atoms with Gasteiger partial charge in [0.05, 0.1) is 34.7 Å². The number of carbonyl (C=O) groups is 3. The van der Waals surface area contributed by atoms with Crippen molar-refractivity contribution >= 4 is 39.5 Å². The van der Waals surface area contributed by atoms with Gasteiger partial charge in [-0.3, -0.25) is 14.4 Å². The summed E-state index contributed by atoms with van der Waals surface area (Å²) in [5.41, 5.74) is 3.80. The maximum Gasteiger partial charge on any atom is 0.290 e. The molecule has 8 nitrogen and oxygen atoms in total. The van der Waals surface area contributed by atoms with Crippen molar-refractivity contribution in [1.29, 1.82) is 0 Å². The van der Waals surface area contributed by atoms with Crippen LogP contribution >= 0.6 is 0 Å². The van der Waals surface area contributed by atoms with Gasteiger partial charge < -0.3 is 19.8 Å². The van der Waals surface area contributed by atoms with Crippen molar-refractivity contribution in [3.63, 3.8) is 0 Å². The number of likely N-dealkylation sites (tertiary alicyclic amines) is 2. The van der Waals surface area contributed by atoms with Gasteiger partial charge in [0.1, 0.15) is 0 Å². The second-order valence-corrected chi connectivity index (χ2v) is 11.9. The molecule has 6 rings (SSSR count). The van der Waals surface area contributed by atoms with E-state index in [1.54, 1.807) is 0 Å². The summed E-state index contributed by atoms with van der Waals surface area (Å²) in [5.74, 6) is -0.304. The highest BCUT2D eigenvalue weighted by Gasteiger charge is 2.50. The minimum Gasteiger partial charge on any atom is -0.352 e. The highest BCUT2D eigenvalue weighted by Crippen LogP contribution is 2.38. The fourth-order valence-corrected chi connectivity index (χ4v) is 6.03. The highest BCUT2D eigenvalue weighted by molar-refractivity contribution is 6.01. The molecular formula is C30H33N5O3. The number of aromatic amines is 2. The fourth-order valence-electron chi connectivity index (χ4n) is 6.03. The largest absolute Gasteiger partial charge is 0.352 e. The molecule has 2 aliphatic heterocycles. The normalized spacial score (nSPS) is 20.0. The number of para-hydroxylation sites is 2. The Bertz CT molecular complexity index is 1540. The van der Waals surface area contributed by atoms with Gasteiger partial charge in [-0.1, -0.05) is 45.0 Å². The number of piperazine rings is 1. The molecule has 3 atom stereocenters.